The SMILES string of the molecule is CCOc1ccccc1NC(=O)C(=O)N/N=C\c1ccc(OCC(=O)NCc2ccccc2)cc1. The van der Waals surface area contributed by atoms with Crippen molar-refractivity contribution in [1.82, 2.24) is 10.7 Å². The summed E-state index contributed by atoms with van der Waals surface area (Å²) in [7, 11) is 0. The summed E-state index contributed by atoms with van der Waals surface area (Å²) in [6.07, 6.45) is 1.38. The zero-order valence-corrected chi connectivity index (χ0v) is 19.2. The Balaban J connectivity index is 1.41. The fourth-order valence-electron chi connectivity index (χ4n) is 2.89. The maximum atomic E-state index is 12.1. The van der Waals surface area contributed by atoms with Crippen LogP contribution in [0.4, 0.5) is 5.69 Å². The van der Waals surface area contributed by atoms with Gasteiger partial charge in [0.1, 0.15) is 11.5 Å². The summed E-state index contributed by atoms with van der Waals surface area (Å²) in [4.78, 5) is 36.1. The number of ether oxygens (including phenoxy) is 2. The molecular weight excluding hydrogens is 448 g/mol. The van der Waals surface area contributed by atoms with Crippen LogP contribution in [0.2, 0.25) is 0 Å². The normalized spacial score (nSPS) is 10.4. The molecule has 0 spiro atoms. The van der Waals surface area contributed by atoms with Gasteiger partial charge in [0.25, 0.3) is 5.91 Å². The molecule has 3 aromatic carbocycles. The highest BCUT2D eigenvalue weighted by molar-refractivity contribution is 6.39. The molecule has 0 saturated heterocycles. The van der Waals surface area contributed by atoms with Crippen LogP contribution in [0.1, 0.15) is 18.1 Å². The summed E-state index contributed by atoms with van der Waals surface area (Å²) in [5, 5.41) is 9.08. The third kappa shape index (κ3) is 8.32. The molecule has 180 valence electrons. The van der Waals surface area contributed by atoms with Gasteiger partial charge in [-0.1, -0.05) is 42.5 Å². The minimum atomic E-state index is -0.922. The van der Waals surface area contributed by atoms with Gasteiger partial charge >= 0.3 is 11.8 Å². The van der Waals surface area contributed by atoms with Crippen LogP contribution in [-0.4, -0.2) is 37.1 Å². The quantitative estimate of drug-likeness (QED) is 0.237. The number of hydrogen-bond acceptors (Lipinski definition) is 6. The summed E-state index contributed by atoms with van der Waals surface area (Å²) in [5.74, 6) is -1.05. The molecule has 0 aliphatic rings. The average molecular weight is 475 g/mol. The fraction of sp³-hybridized carbons (Fsp3) is 0.154. The van der Waals surface area contributed by atoms with Crippen molar-refractivity contribution in [2.45, 2.75) is 13.5 Å². The van der Waals surface area contributed by atoms with Crippen molar-refractivity contribution in [3.05, 3.63) is 90.0 Å². The Kier molecular flexibility index (Phi) is 9.38. The molecule has 0 radical (unpaired) electrons. The zero-order valence-electron chi connectivity index (χ0n) is 19.2. The van der Waals surface area contributed by atoms with E-state index < -0.39 is 11.8 Å². The van der Waals surface area contributed by atoms with Gasteiger partial charge in [-0.15, -0.1) is 0 Å². The van der Waals surface area contributed by atoms with E-state index in [4.69, 9.17) is 9.47 Å². The Bertz CT molecular complexity index is 1160. The second kappa shape index (κ2) is 13.1. The third-order valence-electron chi connectivity index (χ3n) is 4.60. The van der Waals surface area contributed by atoms with Crippen molar-refractivity contribution in [3.63, 3.8) is 0 Å². The van der Waals surface area contributed by atoms with Crippen molar-refractivity contribution >= 4 is 29.6 Å². The van der Waals surface area contributed by atoms with Gasteiger partial charge in [-0.05, 0) is 54.4 Å². The molecule has 0 unspecified atom stereocenters. The van der Waals surface area contributed by atoms with E-state index >= 15 is 0 Å². The van der Waals surface area contributed by atoms with Gasteiger partial charge in [-0.25, -0.2) is 5.43 Å². The van der Waals surface area contributed by atoms with Gasteiger partial charge < -0.3 is 20.1 Å². The summed E-state index contributed by atoms with van der Waals surface area (Å²) in [5.41, 5.74) is 4.23. The molecule has 3 amide bonds. The van der Waals surface area contributed by atoms with Crippen molar-refractivity contribution < 1.29 is 23.9 Å². The van der Waals surface area contributed by atoms with Gasteiger partial charge in [0, 0.05) is 6.54 Å². The molecule has 9 nitrogen and oxygen atoms in total. The topological polar surface area (TPSA) is 118 Å². The summed E-state index contributed by atoms with van der Waals surface area (Å²) in [6, 6.07) is 23.1. The number of carbonyl (C=O) groups is 3. The molecule has 0 aromatic heterocycles. The number of para-hydroxylation sites is 2. The number of hydrogen-bond donors (Lipinski definition) is 3. The molecule has 0 heterocycles. The Morgan fingerprint density at radius 2 is 1.57 bits per heavy atom. The smallest absolute Gasteiger partial charge is 0.329 e. The molecule has 0 atom stereocenters. The van der Waals surface area contributed by atoms with Crippen molar-refractivity contribution in [3.8, 4) is 11.5 Å². The van der Waals surface area contributed by atoms with Gasteiger partial charge in [-0.3, -0.25) is 14.4 Å². The second-order valence-electron chi connectivity index (χ2n) is 7.20. The van der Waals surface area contributed by atoms with Crippen molar-refractivity contribution in [1.29, 1.82) is 0 Å². The van der Waals surface area contributed by atoms with Crippen LogP contribution in [0.25, 0.3) is 0 Å². The first kappa shape index (κ1) is 25.0. The molecule has 3 N–H and O–H groups in total. The lowest BCUT2D eigenvalue weighted by molar-refractivity contribution is -0.136. The van der Waals surface area contributed by atoms with E-state index in [1.165, 1.54) is 6.21 Å². The molecule has 0 bridgehead atoms. The number of nitrogens with one attached hydrogen (secondary N) is 3. The van der Waals surface area contributed by atoms with Crippen molar-refractivity contribution in [2.24, 2.45) is 5.10 Å². The molecule has 0 fully saturated rings. The number of amides is 3. The fourth-order valence-corrected chi connectivity index (χ4v) is 2.89. The Morgan fingerprint density at radius 1 is 0.857 bits per heavy atom. The van der Waals surface area contributed by atoms with E-state index in [-0.39, 0.29) is 12.5 Å². The molecule has 35 heavy (non-hydrogen) atoms. The highest BCUT2D eigenvalue weighted by Crippen LogP contribution is 2.23. The summed E-state index contributed by atoms with van der Waals surface area (Å²) in [6.45, 7) is 2.57. The minimum absolute atomic E-state index is 0.113. The first-order valence-electron chi connectivity index (χ1n) is 10.9. The van der Waals surface area contributed by atoms with Crippen LogP contribution < -0.4 is 25.5 Å². The van der Waals surface area contributed by atoms with Gasteiger partial charge in [0.15, 0.2) is 6.61 Å². The van der Waals surface area contributed by atoms with Crippen LogP contribution in [-0.2, 0) is 20.9 Å². The van der Waals surface area contributed by atoms with Gasteiger partial charge in [0.2, 0.25) is 0 Å². The largest absolute Gasteiger partial charge is 0.492 e. The summed E-state index contributed by atoms with van der Waals surface area (Å²) >= 11 is 0. The van der Waals surface area contributed by atoms with Gasteiger partial charge in [0.05, 0.1) is 18.5 Å². The molecule has 3 rings (SSSR count). The van der Waals surface area contributed by atoms with Crippen LogP contribution >= 0.6 is 0 Å². The maximum Gasteiger partial charge on any atom is 0.329 e. The van der Waals surface area contributed by atoms with E-state index in [2.05, 4.69) is 21.2 Å². The van der Waals surface area contributed by atoms with Crippen LogP contribution in [0, 0.1) is 0 Å². The number of anilines is 1. The zero-order chi connectivity index (χ0) is 24.9. The van der Waals surface area contributed by atoms with Crippen molar-refractivity contribution in [2.75, 3.05) is 18.5 Å². The lowest BCUT2D eigenvalue weighted by Gasteiger charge is -2.10. The number of rotatable bonds is 10. The second-order valence-corrected chi connectivity index (χ2v) is 7.20. The highest BCUT2D eigenvalue weighted by atomic mass is 16.5. The average Bonchev–Trinajstić information content (AvgIpc) is 2.88. The lowest BCUT2D eigenvalue weighted by Crippen LogP contribution is -2.32. The van der Waals surface area contributed by atoms with Crippen LogP contribution in [0.3, 0.4) is 0 Å². The van der Waals surface area contributed by atoms with E-state index in [0.717, 1.165) is 5.56 Å². The third-order valence-corrected chi connectivity index (χ3v) is 4.60. The predicted octanol–water partition coefficient (Wildman–Crippen LogP) is 2.87. The van der Waals surface area contributed by atoms with E-state index in [0.29, 0.717) is 35.9 Å². The predicted molar refractivity (Wildman–Crippen MR) is 132 cm³/mol. The molecular formula is C26H26N4O5. The molecule has 9 heteroatoms. The first-order chi connectivity index (χ1) is 17.0. The van der Waals surface area contributed by atoms with E-state index in [9.17, 15) is 14.4 Å². The minimum Gasteiger partial charge on any atom is -0.492 e. The maximum absolute atomic E-state index is 12.1. The van der Waals surface area contributed by atoms with Crippen LogP contribution in [0.15, 0.2) is 84.0 Å². The monoisotopic (exact) mass is 474 g/mol. The molecule has 0 saturated carbocycles. The highest BCUT2D eigenvalue weighted by Gasteiger charge is 2.15. The number of benzene rings is 3. The number of hydrazone groups is 1. The Hall–Kier alpha value is -4.66. The standard InChI is InChI=1S/C26H26N4O5/c1-2-34-23-11-7-6-10-22(23)29-25(32)26(33)30-28-17-20-12-14-21(15-13-20)35-18-24(31)27-16-19-8-4-3-5-9-19/h3-15,17H,2,16,18H2,1H3,(H,27,31)(H,29,32)(H,30,33)/b28-17-. The Morgan fingerprint density at radius 3 is 2.31 bits per heavy atom. The van der Waals surface area contributed by atoms with E-state index in [1.54, 1.807) is 48.5 Å². The molecule has 0 aliphatic heterocycles. The van der Waals surface area contributed by atoms with Crippen LogP contribution in [0.5, 0.6) is 11.5 Å². The molecule has 3 aromatic rings. The molecule has 0 aliphatic carbocycles. The number of nitrogens with zero attached hydrogens (tertiary/aromatic N) is 1. The Labute approximate surface area is 203 Å². The lowest BCUT2D eigenvalue weighted by atomic mass is 10.2. The first-order valence-corrected chi connectivity index (χ1v) is 10.9. The van der Waals surface area contributed by atoms with Gasteiger partial charge in [-0.2, -0.15) is 5.10 Å². The van der Waals surface area contributed by atoms with E-state index in [1.807, 2.05) is 37.3 Å². The summed E-state index contributed by atoms with van der Waals surface area (Å²) < 4.78 is 10.9. The number of carbonyl (C=O) groups excluding carboxylic acids is 3.